The summed E-state index contributed by atoms with van der Waals surface area (Å²) in [5, 5.41) is 3.65. The van der Waals surface area contributed by atoms with Crippen molar-refractivity contribution >= 4 is 11.3 Å². The first-order valence-corrected chi connectivity index (χ1v) is 7.47. The van der Waals surface area contributed by atoms with E-state index in [0.717, 1.165) is 12.5 Å². The second-order valence-corrected chi connectivity index (χ2v) is 6.00. The van der Waals surface area contributed by atoms with Gasteiger partial charge in [-0.25, -0.2) is 0 Å². The quantitative estimate of drug-likeness (QED) is 0.783. The molecule has 1 fully saturated rings. The molecule has 0 radical (unpaired) electrons. The average Bonchev–Trinajstić information content (AvgIpc) is 2.70. The molecule has 0 amide bonds. The Morgan fingerprint density at radius 2 is 2.19 bits per heavy atom. The van der Waals surface area contributed by atoms with E-state index in [1.54, 1.807) is 4.88 Å². The number of hydrogen-bond donors (Lipinski definition) is 1. The van der Waals surface area contributed by atoms with E-state index in [9.17, 15) is 0 Å². The van der Waals surface area contributed by atoms with Crippen LogP contribution >= 0.6 is 11.3 Å². The van der Waals surface area contributed by atoms with Gasteiger partial charge in [-0.05, 0) is 37.4 Å². The SMILES string of the molecule is CCNC(CC1CCC1)c1ccc(CC)s1. The third-order valence-corrected chi connectivity index (χ3v) is 4.96. The summed E-state index contributed by atoms with van der Waals surface area (Å²) in [4.78, 5) is 3.07. The lowest BCUT2D eigenvalue weighted by atomic mass is 9.80. The van der Waals surface area contributed by atoms with Crippen LogP contribution in [0.4, 0.5) is 0 Å². The van der Waals surface area contributed by atoms with E-state index >= 15 is 0 Å². The van der Waals surface area contributed by atoms with Crippen LogP contribution in [0.1, 0.15) is 55.3 Å². The molecule has 1 unspecified atom stereocenters. The van der Waals surface area contributed by atoms with Gasteiger partial charge in [0.15, 0.2) is 0 Å². The molecule has 1 aromatic rings. The second-order valence-electron chi connectivity index (χ2n) is 4.80. The van der Waals surface area contributed by atoms with Crippen molar-refractivity contribution in [2.45, 2.75) is 52.0 Å². The van der Waals surface area contributed by atoms with Gasteiger partial charge in [-0.1, -0.05) is 33.1 Å². The van der Waals surface area contributed by atoms with E-state index in [-0.39, 0.29) is 0 Å². The van der Waals surface area contributed by atoms with Crippen LogP contribution in [-0.4, -0.2) is 6.54 Å². The van der Waals surface area contributed by atoms with Gasteiger partial charge in [-0.15, -0.1) is 11.3 Å². The van der Waals surface area contributed by atoms with Gasteiger partial charge < -0.3 is 5.32 Å². The van der Waals surface area contributed by atoms with Gasteiger partial charge in [-0.3, -0.25) is 0 Å². The maximum atomic E-state index is 3.65. The number of nitrogens with one attached hydrogen (secondary N) is 1. The van der Waals surface area contributed by atoms with Crippen LogP contribution < -0.4 is 5.32 Å². The molecule has 0 aromatic carbocycles. The van der Waals surface area contributed by atoms with Gasteiger partial charge in [0, 0.05) is 15.8 Å². The molecule has 2 heteroatoms. The molecule has 16 heavy (non-hydrogen) atoms. The predicted octanol–water partition coefficient (Wildman–Crippen LogP) is 4.15. The van der Waals surface area contributed by atoms with Gasteiger partial charge in [0.05, 0.1) is 0 Å². The Labute approximate surface area is 103 Å². The predicted molar refractivity (Wildman–Crippen MR) is 72.1 cm³/mol. The fourth-order valence-corrected chi connectivity index (χ4v) is 3.42. The van der Waals surface area contributed by atoms with Crippen molar-refractivity contribution in [3.05, 3.63) is 21.9 Å². The zero-order valence-electron chi connectivity index (χ0n) is 10.5. The molecule has 1 saturated carbocycles. The van der Waals surface area contributed by atoms with Gasteiger partial charge in [0.1, 0.15) is 0 Å². The zero-order valence-corrected chi connectivity index (χ0v) is 11.3. The maximum absolute atomic E-state index is 3.65. The Morgan fingerprint density at radius 1 is 1.38 bits per heavy atom. The summed E-state index contributed by atoms with van der Waals surface area (Å²) < 4.78 is 0. The van der Waals surface area contributed by atoms with Crippen molar-refractivity contribution in [1.82, 2.24) is 5.32 Å². The second kappa shape index (κ2) is 5.83. The highest BCUT2D eigenvalue weighted by Crippen LogP contribution is 2.36. The van der Waals surface area contributed by atoms with Crippen molar-refractivity contribution in [3.63, 3.8) is 0 Å². The highest BCUT2D eigenvalue weighted by atomic mass is 32.1. The van der Waals surface area contributed by atoms with Gasteiger partial charge in [0.25, 0.3) is 0 Å². The number of hydrogen-bond acceptors (Lipinski definition) is 2. The fraction of sp³-hybridized carbons (Fsp3) is 0.714. The van der Waals surface area contributed by atoms with E-state index in [1.165, 1.54) is 37.0 Å². The minimum Gasteiger partial charge on any atom is -0.310 e. The highest BCUT2D eigenvalue weighted by Gasteiger charge is 2.23. The summed E-state index contributed by atoms with van der Waals surface area (Å²) in [7, 11) is 0. The maximum Gasteiger partial charge on any atom is 0.0417 e. The third kappa shape index (κ3) is 2.86. The molecule has 0 saturated heterocycles. The molecule has 1 nitrogen and oxygen atoms in total. The Bertz CT molecular complexity index is 314. The molecular weight excluding hydrogens is 214 g/mol. The monoisotopic (exact) mass is 237 g/mol. The fourth-order valence-electron chi connectivity index (χ4n) is 2.38. The van der Waals surface area contributed by atoms with E-state index in [0.29, 0.717) is 6.04 Å². The van der Waals surface area contributed by atoms with E-state index < -0.39 is 0 Å². The molecule has 1 aliphatic carbocycles. The van der Waals surface area contributed by atoms with Crippen LogP contribution in [0.15, 0.2) is 12.1 Å². The zero-order chi connectivity index (χ0) is 11.4. The molecule has 2 rings (SSSR count). The topological polar surface area (TPSA) is 12.0 Å². The van der Waals surface area contributed by atoms with Crippen LogP contribution in [0.5, 0.6) is 0 Å². The molecule has 0 aliphatic heterocycles. The van der Waals surface area contributed by atoms with Gasteiger partial charge in [0.2, 0.25) is 0 Å². The van der Waals surface area contributed by atoms with Crippen molar-refractivity contribution < 1.29 is 0 Å². The minimum atomic E-state index is 0.612. The molecule has 1 aliphatic rings. The van der Waals surface area contributed by atoms with Crippen LogP contribution in [0.25, 0.3) is 0 Å². The molecule has 0 bridgehead atoms. The smallest absolute Gasteiger partial charge is 0.0417 e. The van der Waals surface area contributed by atoms with Gasteiger partial charge in [-0.2, -0.15) is 0 Å². The summed E-state index contributed by atoms with van der Waals surface area (Å²) in [5.41, 5.74) is 0. The first-order valence-electron chi connectivity index (χ1n) is 6.65. The standard InChI is InChI=1S/C14H23NS/c1-3-12-8-9-14(16-12)13(15-4-2)10-11-6-5-7-11/h8-9,11,13,15H,3-7,10H2,1-2H3. The van der Waals surface area contributed by atoms with Crippen LogP contribution in [0.3, 0.4) is 0 Å². The Hall–Kier alpha value is -0.340. The Balaban J connectivity index is 1.98. The normalized spacial score (nSPS) is 18.4. The first kappa shape index (κ1) is 12.1. The lowest BCUT2D eigenvalue weighted by Crippen LogP contribution is -2.25. The lowest BCUT2D eigenvalue weighted by Gasteiger charge is -2.29. The Morgan fingerprint density at radius 3 is 2.69 bits per heavy atom. The van der Waals surface area contributed by atoms with Crippen molar-refractivity contribution in [2.24, 2.45) is 5.92 Å². The first-order chi connectivity index (χ1) is 7.83. The highest BCUT2D eigenvalue weighted by molar-refractivity contribution is 7.12. The van der Waals surface area contributed by atoms with Gasteiger partial charge >= 0.3 is 0 Å². The Kier molecular flexibility index (Phi) is 4.42. The number of thiophene rings is 1. The average molecular weight is 237 g/mol. The van der Waals surface area contributed by atoms with E-state index in [1.807, 2.05) is 11.3 Å². The van der Waals surface area contributed by atoms with Crippen LogP contribution in [-0.2, 0) is 6.42 Å². The molecule has 90 valence electrons. The molecule has 1 N–H and O–H groups in total. The molecular formula is C14H23NS. The molecule has 1 heterocycles. The van der Waals surface area contributed by atoms with Crippen LogP contribution in [0.2, 0.25) is 0 Å². The summed E-state index contributed by atoms with van der Waals surface area (Å²) >= 11 is 1.99. The molecule has 1 atom stereocenters. The summed E-state index contributed by atoms with van der Waals surface area (Å²) in [5.74, 6) is 0.983. The number of aryl methyl sites for hydroxylation is 1. The van der Waals surface area contributed by atoms with E-state index in [4.69, 9.17) is 0 Å². The minimum absolute atomic E-state index is 0.612. The molecule has 1 aromatic heterocycles. The summed E-state index contributed by atoms with van der Waals surface area (Å²) in [6, 6.07) is 5.24. The largest absolute Gasteiger partial charge is 0.310 e. The van der Waals surface area contributed by atoms with Crippen molar-refractivity contribution in [2.75, 3.05) is 6.54 Å². The van der Waals surface area contributed by atoms with Crippen molar-refractivity contribution in [1.29, 1.82) is 0 Å². The van der Waals surface area contributed by atoms with Crippen molar-refractivity contribution in [3.8, 4) is 0 Å². The van der Waals surface area contributed by atoms with E-state index in [2.05, 4.69) is 31.3 Å². The molecule has 0 spiro atoms. The summed E-state index contributed by atoms with van der Waals surface area (Å²) in [6.45, 7) is 5.53. The number of rotatable bonds is 6. The summed E-state index contributed by atoms with van der Waals surface area (Å²) in [6.07, 6.45) is 6.88. The third-order valence-electron chi connectivity index (χ3n) is 3.62. The lowest BCUT2D eigenvalue weighted by molar-refractivity contribution is 0.264. The van der Waals surface area contributed by atoms with Crippen LogP contribution in [0, 0.1) is 5.92 Å².